The smallest absolute Gasteiger partial charge is 0.234 e. The first-order valence-electron chi connectivity index (χ1n) is 9.37. The van der Waals surface area contributed by atoms with Crippen LogP contribution >= 0.6 is 23.5 Å². The second-order valence-electron chi connectivity index (χ2n) is 6.48. The third-order valence-electron chi connectivity index (χ3n) is 4.28. The van der Waals surface area contributed by atoms with Gasteiger partial charge in [-0.05, 0) is 36.6 Å². The first-order valence-corrected chi connectivity index (χ1v) is 11.6. The molecule has 0 bridgehead atoms. The number of methoxy groups -OCH3 is 1. The Hall–Kier alpha value is -2.98. The maximum atomic E-state index is 12.4. The van der Waals surface area contributed by atoms with E-state index in [1.807, 2.05) is 30.5 Å². The molecule has 31 heavy (non-hydrogen) atoms. The number of nitrogens with zero attached hydrogens (tertiary/aromatic N) is 3. The van der Waals surface area contributed by atoms with Crippen LogP contribution in [0.25, 0.3) is 0 Å². The highest BCUT2D eigenvalue weighted by Crippen LogP contribution is 2.21. The Morgan fingerprint density at radius 1 is 1.03 bits per heavy atom. The van der Waals surface area contributed by atoms with E-state index in [4.69, 9.17) is 4.74 Å². The first-order chi connectivity index (χ1) is 15.0. The fraction of sp³-hybridized carbons (Fsp3) is 0.238. The largest absolute Gasteiger partial charge is 0.497 e. The van der Waals surface area contributed by atoms with Gasteiger partial charge in [0.05, 0.1) is 19.3 Å². The minimum atomic E-state index is -0.216. The van der Waals surface area contributed by atoms with Crippen molar-refractivity contribution in [3.05, 3.63) is 54.4 Å². The predicted octanol–water partition coefficient (Wildman–Crippen LogP) is 3.46. The van der Waals surface area contributed by atoms with Crippen LogP contribution in [-0.2, 0) is 23.1 Å². The SMILES string of the molecule is COc1cccc(NC(=O)Cc2nnc(SCC(=O)Nc3cccc(SC)c3)n2C)c1. The molecule has 0 aliphatic rings. The van der Waals surface area contributed by atoms with Gasteiger partial charge in [0.1, 0.15) is 11.6 Å². The van der Waals surface area contributed by atoms with E-state index in [1.165, 1.54) is 11.8 Å². The lowest BCUT2D eigenvalue weighted by molar-refractivity contribution is -0.116. The fourth-order valence-electron chi connectivity index (χ4n) is 2.70. The first kappa shape index (κ1) is 22.7. The maximum absolute atomic E-state index is 12.4. The minimum absolute atomic E-state index is 0.0644. The summed E-state index contributed by atoms with van der Waals surface area (Å²) < 4.78 is 6.88. The normalized spacial score (nSPS) is 10.5. The zero-order valence-corrected chi connectivity index (χ0v) is 19.0. The van der Waals surface area contributed by atoms with Crippen molar-refractivity contribution in [1.29, 1.82) is 0 Å². The van der Waals surface area contributed by atoms with Gasteiger partial charge in [-0.25, -0.2) is 0 Å². The number of anilines is 2. The van der Waals surface area contributed by atoms with Gasteiger partial charge in [-0.2, -0.15) is 0 Å². The monoisotopic (exact) mass is 457 g/mol. The van der Waals surface area contributed by atoms with Gasteiger partial charge in [0.15, 0.2) is 5.16 Å². The standard InChI is InChI=1S/C21H23N5O3S2/c1-26-18(12-19(27)22-14-6-4-8-16(10-14)29-2)24-25-21(26)31-13-20(28)23-15-7-5-9-17(11-15)30-3/h4-11H,12-13H2,1-3H3,(H,22,27)(H,23,28). The van der Waals surface area contributed by atoms with Crippen molar-refractivity contribution in [2.75, 3.05) is 29.8 Å². The van der Waals surface area contributed by atoms with Crippen molar-refractivity contribution < 1.29 is 14.3 Å². The van der Waals surface area contributed by atoms with E-state index in [2.05, 4.69) is 20.8 Å². The molecule has 1 heterocycles. The molecule has 162 valence electrons. The number of thioether (sulfide) groups is 2. The zero-order valence-electron chi connectivity index (χ0n) is 17.4. The van der Waals surface area contributed by atoms with Crippen molar-refractivity contribution in [2.24, 2.45) is 7.05 Å². The van der Waals surface area contributed by atoms with Crippen LogP contribution in [0.4, 0.5) is 11.4 Å². The van der Waals surface area contributed by atoms with Crippen molar-refractivity contribution >= 4 is 46.7 Å². The van der Waals surface area contributed by atoms with Gasteiger partial charge in [0.2, 0.25) is 11.8 Å². The molecular weight excluding hydrogens is 434 g/mol. The molecule has 1 aromatic heterocycles. The van der Waals surface area contributed by atoms with Gasteiger partial charge in [-0.3, -0.25) is 9.59 Å². The number of ether oxygens (including phenoxy) is 1. The van der Waals surface area contributed by atoms with E-state index in [9.17, 15) is 9.59 Å². The summed E-state index contributed by atoms with van der Waals surface area (Å²) in [5.41, 5.74) is 1.40. The molecule has 10 heteroatoms. The summed E-state index contributed by atoms with van der Waals surface area (Å²) in [5, 5.41) is 14.4. The summed E-state index contributed by atoms with van der Waals surface area (Å²) >= 11 is 2.88. The lowest BCUT2D eigenvalue weighted by atomic mass is 10.3. The van der Waals surface area contributed by atoms with Gasteiger partial charge in [0.25, 0.3) is 0 Å². The molecule has 8 nitrogen and oxygen atoms in total. The summed E-state index contributed by atoms with van der Waals surface area (Å²) in [6.45, 7) is 0. The average molecular weight is 458 g/mol. The Morgan fingerprint density at radius 3 is 2.48 bits per heavy atom. The Bertz CT molecular complexity index is 1070. The molecule has 0 aliphatic heterocycles. The summed E-state index contributed by atoms with van der Waals surface area (Å²) in [4.78, 5) is 25.7. The van der Waals surface area contributed by atoms with Gasteiger partial charge in [-0.15, -0.1) is 22.0 Å². The van der Waals surface area contributed by atoms with Crippen molar-refractivity contribution in [1.82, 2.24) is 14.8 Å². The van der Waals surface area contributed by atoms with Crippen LogP contribution in [0.3, 0.4) is 0 Å². The Labute approximate surface area is 189 Å². The van der Waals surface area contributed by atoms with E-state index in [0.717, 1.165) is 10.6 Å². The minimum Gasteiger partial charge on any atom is -0.497 e. The Balaban J connectivity index is 1.53. The molecule has 0 saturated heterocycles. The Morgan fingerprint density at radius 2 is 1.74 bits per heavy atom. The lowest BCUT2D eigenvalue weighted by Crippen LogP contribution is -2.17. The van der Waals surface area contributed by atoms with E-state index < -0.39 is 0 Å². The van der Waals surface area contributed by atoms with Gasteiger partial charge in [-0.1, -0.05) is 23.9 Å². The molecular formula is C21H23N5O3S2. The molecule has 0 atom stereocenters. The number of aromatic nitrogens is 3. The number of hydrogen-bond donors (Lipinski definition) is 2. The summed E-state index contributed by atoms with van der Waals surface area (Å²) in [5.74, 6) is 1.01. The second kappa shape index (κ2) is 10.9. The van der Waals surface area contributed by atoms with Crippen LogP contribution in [-0.4, -0.2) is 45.7 Å². The quantitative estimate of drug-likeness (QED) is 0.475. The van der Waals surface area contributed by atoms with E-state index >= 15 is 0 Å². The second-order valence-corrected chi connectivity index (χ2v) is 8.31. The van der Waals surface area contributed by atoms with Crippen LogP contribution in [0.15, 0.2) is 58.6 Å². The number of carbonyl (C=O) groups is 2. The lowest BCUT2D eigenvalue weighted by Gasteiger charge is -2.08. The molecule has 0 aliphatic carbocycles. The summed E-state index contributed by atoms with van der Waals surface area (Å²) in [7, 11) is 3.34. The molecule has 0 fully saturated rings. The number of nitrogens with one attached hydrogen (secondary N) is 2. The molecule has 0 spiro atoms. The average Bonchev–Trinajstić information content (AvgIpc) is 3.11. The van der Waals surface area contributed by atoms with Gasteiger partial charge in [0, 0.05) is 29.4 Å². The number of benzene rings is 2. The topological polar surface area (TPSA) is 98.1 Å². The number of hydrogen-bond acceptors (Lipinski definition) is 7. The highest BCUT2D eigenvalue weighted by Gasteiger charge is 2.15. The predicted molar refractivity (Wildman–Crippen MR) is 124 cm³/mol. The highest BCUT2D eigenvalue weighted by molar-refractivity contribution is 7.99. The molecule has 0 radical (unpaired) electrons. The summed E-state index contributed by atoms with van der Waals surface area (Å²) in [6.07, 6.45) is 2.05. The van der Waals surface area contributed by atoms with E-state index in [1.54, 1.807) is 54.8 Å². The third-order valence-corrected chi connectivity index (χ3v) is 6.03. The van der Waals surface area contributed by atoms with E-state index in [-0.39, 0.29) is 24.0 Å². The van der Waals surface area contributed by atoms with Gasteiger partial charge >= 0.3 is 0 Å². The fourth-order valence-corrected chi connectivity index (χ4v) is 3.89. The zero-order chi connectivity index (χ0) is 22.2. The molecule has 2 aromatic carbocycles. The number of carbonyl (C=O) groups excluding carboxylic acids is 2. The van der Waals surface area contributed by atoms with Crippen molar-refractivity contribution in [3.63, 3.8) is 0 Å². The number of amides is 2. The van der Waals surface area contributed by atoms with Crippen LogP contribution in [0.1, 0.15) is 5.82 Å². The van der Waals surface area contributed by atoms with Gasteiger partial charge < -0.3 is 19.9 Å². The molecule has 2 amide bonds. The maximum Gasteiger partial charge on any atom is 0.234 e. The van der Waals surface area contributed by atoms with E-state index in [0.29, 0.717) is 22.4 Å². The third kappa shape index (κ3) is 6.50. The molecule has 0 saturated carbocycles. The summed E-state index contributed by atoms with van der Waals surface area (Å²) in [6, 6.07) is 14.8. The van der Waals surface area contributed by atoms with Crippen LogP contribution < -0.4 is 15.4 Å². The molecule has 2 N–H and O–H groups in total. The Kier molecular flexibility index (Phi) is 7.96. The van der Waals surface area contributed by atoms with Crippen molar-refractivity contribution in [2.45, 2.75) is 16.5 Å². The number of rotatable bonds is 9. The molecule has 3 aromatic rings. The van der Waals surface area contributed by atoms with Crippen LogP contribution in [0, 0.1) is 0 Å². The van der Waals surface area contributed by atoms with Crippen molar-refractivity contribution in [3.8, 4) is 5.75 Å². The van der Waals surface area contributed by atoms with Crippen LogP contribution in [0.5, 0.6) is 5.75 Å². The molecule has 3 rings (SSSR count). The molecule has 0 unspecified atom stereocenters. The highest BCUT2D eigenvalue weighted by atomic mass is 32.2. The van der Waals surface area contributed by atoms with Crippen LogP contribution in [0.2, 0.25) is 0 Å².